The molecule has 1 aliphatic rings. The van der Waals surface area contributed by atoms with Crippen LogP contribution in [0.5, 0.6) is 0 Å². The van der Waals surface area contributed by atoms with Crippen LogP contribution >= 0.6 is 0 Å². The van der Waals surface area contributed by atoms with Crippen LogP contribution in [-0.4, -0.2) is 29.8 Å². The molecule has 5 nitrogen and oxygen atoms in total. The summed E-state index contributed by atoms with van der Waals surface area (Å²) >= 11 is 0. The number of carboxylic acids is 1. The smallest absolute Gasteiger partial charge is 0.407 e. The van der Waals surface area contributed by atoms with Crippen molar-refractivity contribution in [3.05, 3.63) is 59.7 Å². The van der Waals surface area contributed by atoms with Crippen molar-refractivity contribution < 1.29 is 19.4 Å². The third-order valence-electron chi connectivity index (χ3n) is 5.65. The molecule has 2 N–H and O–H groups in total. The van der Waals surface area contributed by atoms with Gasteiger partial charge in [0.15, 0.2) is 0 Å². The molecule has 0 spiro atoms. The molecular formula is C23H27NO4. The normalized spacial score (nSPS) is 14.1. The molecule has 148 valence electrons. The fraction of sp³-hybridized carbons (Fsp3) is 0.391. The van der Waals surface area contributed by atoms with Gasteiger partial charge in [-0.15, -0.1) is 0 Å². The van der Waals surface area contributed by atoms with Crippen LogP contribution in [0.25, 0.3) is 11.1 Å². The van der Waals surface area contributed by atoms with E-state index in [1.54, 1.807) is 0 Å². The molecule has 1 atom stereocenters. The zero-order valence-corrected chi connectivity index (χ0v) is 16.6. The minimum atomic E-state index is -1.05. The zero-order chi connectivity index (χ0) is 20.3. The standard InChI is InChI=1S/C23H27NO4/c1-4-23(2,3)13-20(21(25)26)24-22(27)28-14-19-17-11-7-5-9-15(17)16-10-6-8-12-18(16)19/h5-12,19-20H,4,13-14H2,1-3H3,(H,24,27)(H,25,26). The quantitative estimate of drug-likeness (QED) is 0.722. The van der Waals surface area contributed by atoms with Gasteiger partial charge in [-0.1, -0.05) is 75.7 Å². The molecule has 0 aromatic heterocycles. The largest absolute Gasteiger partial charge is 0.480 e. The van der Waals surface area contributed by atoms with E-state index in [-0.39, 0.29) is 17.9 Å². The Labute approximate surface area is 165 Å². The molecule has 0 bridgehead atoms. The summed E-state index contributed by atoms with van der Waals surface area (Å²) in [5, 5.41) is 12.0. The van der Waals surface area contributed by atoms with Gasteiger partial charge in [-0.2, -0.15) is 0 Å². The Morgan fingerprint density at radius 3 is 2.11 bits per heavy atom. The summed E-state index contributed by atoms with van der Waals surface area (Å²) in [6, 6.07) is 15.2. The van der Waals surface area contributed by atoms with Crippen LogP contribution < -0.4 is 5.32 Å². The van der Waals surface area contributed by atoms with Crippen LogP contribution in [0.2, 0.25) is 0 Å². The van der Waals surface area contributed by atoms with E-state index >= 15 is 0 Å². The maximum atomic E-state index is 12.3. The van der Waals surface area contributed by atoms with Crippen molar-refractivity contribution in [1.82, 2.24) is 5.32 Å². The van der Waals surface area contributed by atoms with E-state index in [1.807, 2.05) is 57.2 Å². The predicted octanol–water partition coefficient (Wildman–Crippen LogP) is 4.80. The number of amides is 1. The van der Waals surface area contributed by atoms with Crippen molar-refractivity contribution in [2.45, 2.75) is 45.6 Å². The first-order valence-electron chi connectivity index (χ1n) is 9.66. The molecule has 1 aliphatic carbocycles. The summed E-state index contributed by atoms with van der Waals surface area (Å²) in [7, 11) is 0. The van der Waals surface area contributed by atoms with Crippen molar-refractivity contribution in [1.29, 1.82) is 0 Å². The fourth-order valence-electron chi connectivity index (χ4n) is 3.68. The van der Waals surface area contributed by atoms with Gasteiger partial charge >= 0.3 is 12.1 Å². The van der Waals surface area contributed by atoms with Gasteiger partial charge in [0.05, 0.1) is 0 Å². The second kappa shape index (κ2) is 8.05. The summed E-state index contributed by atoms with van der Waals surface area (Å²) in [5.74, 6) is -1.09. The average molecular weight is 381 g/mol. The second-order valence-corrected chi connectivity index (χ2v) is 8.08. The SMILES string of the molecule is CCC(C)(C)CC(NC(=O)OCC1c2ccccc2-c2ccccc21)C(=O)O. The van der Waals surface area contributed by atoms with Crippen LogP contribution in [0.3, 0.4) is 0 Å². The number of nitrogens with one attached hydrogen (secondary N) is 1. The molecule has 3 rings (SSSR count). The van der Waals surface area contributed by atoms with Crippen LogP contribution in [-0.2, 0) is 9.53 Å². The van der Waals surface area contributed by atoms with Gasteiger partial charge in [0.2, 0.25) is 0 Å². The molecule has 2 aromatic rings. The molecule has 0 saturated heterocycles. The van der Waals surface area contributed by atoms with Crippen molar-refractivity contribution in [3.8, 4) is 11.1 Å². The minimum Gasteiger partial charge on any atom is -0.480 e. The summed E-state index contributed by atoms with van der Waals surface area (Å²) in [6.45, 7) is 6.15. The Hall–Kier alpha value is -2.82. The summed E-state index contributed by atoms with van der Waals surface area (Å²) in [6.07, 6.45) is 0.479. The third kappa shape index (κ3) is 4.19. The number of benzene rings is 2. The lowest BCUT2D eigenvalue weighted by Crippen LogP contribution is -2.44. The van der Waals surface area contributed by atoms with Crippen LogP contribution in [0.15, 0.2) is 48.5 Å². The van der Waals surface area contributed by atoms with Gasteiger partial charge in [-0.05, 0) is 34.1 Å². The summed E-state index contributed by atoms with van der Waals surface area (Å²) in [4.78, 5) is 23.9. The van der Waals surface area contributed by atoms with Crippen molar-refractivity contribution >= 4 is 12.1 Å². The number of aliphatic carboxylic acids is 1. The van der Waals surface area contributed by atoms with E-state index in [2.05, 4.69) is 17.4 Å². The van der Waals surface area contributed by atoms with E-state index in [4.69, 9.17) is 4.74 Å². The second-order valence-electron chi connectivity index (χ2n) is 8.08. The van der Waals surface area contributed by atoms with E-state index in [0.717, 1.165) is 28.7 Å². The molecule has 0 heterocycles. The molecule has 5 heteroatoms. The summed E-state index contributed by atoms with van der Waals surface area (Å²) < 4.78 is 5.46. The maximum Gasteiger partial charge on any atom is 0.407 e. The van der Waals surface area contributed by atoms with Gasteiger partial charge in [0.1, 0.15) is 12.6 Å². The topological polar surface area (TPSA) is 75.6 Å². The molecular weight excluding hydrogens is 354 g/mol. The first-order valence-corrected chi connectivity index (χ1v) is 9.66. The molecule has 1 unspecified atom stereocenters. The maximum absolute atomic E-state index is 12.3. The van der Waals surface area contributed by atoms with Gasteiger partial charge in [-0.25, -0.2) is 9.59 Å². The number of alkyl carbamates (subject to hydrolysis) is 1. The number of fused-ring (bicyclic) bond motifs is 3. The Kier molecular flexibility index (Phi) is 5.73. The number of hydrogen-bond acceptors (Lipinski definition) is 3. The Morgan fingerprint density at radius 1 is 1.07 bits per heavy atom. The monoisotopic (exact) mass is 381 g/mol. The molecule has 0 saturated carbocycles. The lowest BCUT2D eigenvalue weighted by Gasteiger charge is -2.26. The van der Waals surface area contributed by atoms with Crippen LogP contribution in [0.1, 0.15) is 50.7 Å². The number of hydrogen-bond donors (Lipinski definition) is 2. The van der Waals surface area contributed by atoms with Gasteiger partial charge < -0.3 is 15.2 Å². The van der Waals surface area contributed by atoms with E-state index in [9.17, 15) is 14.7 Å². The Balaban J connectivity index is 1.68. The first kappa shape index (κ1) is 19.9. The highest BCUT2D eigenvalue weighted by Gasteiger charge is 2.31. The molecule has 0 radical (unpaired) electrons. The fourth-order valence-corrected chi connectivity index (χ4v) is 3.68. The lowest BCUT2D eigenvalue weighted by molar-refractivity contribution is -0.140. The van der Waals surface area contributed by atoms with Crippen LogP contribution in [0, 0.1) is 5.41 Å². The van der Waals surface area contributed by atoms with Crippen molar-refractivity contribution in [2.75, 3.05) is 6.61 Å². The molecule has 2 aromatic carbocycles. The highest BCUT2D eigenvalue weighted by Crippen LogP contribution is 2.44. The molecule has 1 amide bonds. The Morgan fingerprint density at radius 2 is 1.61 bits per heavy atom. The van der Waals surface area contributed by atoms with E-state index < -0.39 is 18.1 Å². The van der Waals surface area contributed by atoms with Crippen molar-refractivity contribution in [2.24, 2.45) is 5.41 Å². The van der Waals surface area contributed by atoms with Gasteiger partial charge in [0, 0.05) is 5.92 Å². The van der Waals surface area contributed by atoms with E-state index in [0.29, 0.717) is 6.42 Å². The zero-order valence-electron chi connectivity index (χ0n) is 16.6. The average Bonchev–Trinajstić information content (AvgIpc) is 2.99. The lowest BCUT2D eigenvalue weighted by atomic mass is 9.83. The van der Waals surface area contributed by atoms with Crippen LogP contribution in [0.4, 0.5) is 4.79 Å². The molecule has 28 heavy (non-hydrogen) atoms. The first-order chi connectivity index (χ1) is 13.3. The Bertz CT molecular complexity index is 829. The van der Waals surface area contributed by atoms with E-state index in [1.165, 1.54) is 0 Å². The number of carboxylic acid groups (broad SMARTS) is 1. The number of ether oxygens (including phenoxy) is 1. The van der Waals surface area contributed by atoms with Crippen molar-refractivity contribution in [3.63, 3.8) is 0 Å². The minimum absolute atomic E-state index is 0.0477. The number of carbonyl (C=O) groups is 2. The molecule has 0 aliphatic heterocycles. The van der Waals surface area contributed by atoms with Gasteiger partial charge in [0.25, 0.3) is 0 Å². The number of carbonyl (C=O) groups excluding carboxylic acids is 1. The highest BCUT2D eigenvalue weighted by molar-refractivity contribution is 5.81. The highest BCUT2D eigenvalue weighted by atomic mass is 16.5. The number of rotatable bonds is 7. The summed E-state index contributed by atoms with van der Waals surface area (Å²) in [5.41, 5.74) is 4.37. The molecule has 0 fully saturated rings. The third-order valence-corrected chi connectivity index (χ3v) is 5.65. The van der Waals surface area contributed by atoms with Gasteiger partial charge in [-0.3, -0.25) is 0 Å². The predicted molar refractivity (Wildman–Crippen MR) is 108 cm³/mol.